The Hall–Kier alpha value is -1.06. The Morgan fingerprint density at radius 1 is 1.00 bits per heavy atom. The van der Waals surface area contributed by atoms with E-state index in [-0.39, 0.29) is 6.04 Å². The lowest BCUT2D eigenvalue weighted by molar-refractivity contribution is -0.151. The summed E-state index contributed by atoms with van der Waals surface area (Å²) in [4.78, 5) is 22.6. The van der Waals surface area contributed by atoms with E-state index in [2.05, 4.69) is 33.0 Å². The molecule has 0 radical (unpaired) electrons. The quantitative estimate of drug-likeness (QED) is 0.632. The number of hydrogen-bond acceptors (Lipinski definition) is 2. The van der Waals surface area contributed by atoms with Gasteiger partial charge in [-0.05, 0) is 104 Å². The van der Waals surface area contributed by atoms with Crippen molar-refractivity contribution in [3.05, 3.63) is 0 Å². The minimum atomic E-state index is -1.36. The first-order valence-corrected chi connectivity index (χ1v) is 12.2. The number of carbonyl (C=O) groups is 2. The molecule has 0 heterocycles. The van der Waals surface area contributed by atoms with Gasteiger partial charge in [-0.1, -0.05) is 34.1 Å². The zero-order chi connectivity index (χ0) is 21.0. The number of fused-ring (bicyclic) bond motifs is 5. The Bertz CT molecular complexity index is 662. The molecule has 2 N–H and O–H groups in total. The van der Waals surface area contributed by atoms with Crippen molar-refractivity contribution >= 4 is 11.9 Å². The molecule has 4 fully saturated rings. The zero-order valence-corrected chi connectivity index (χ0v) is 18.9. The molecule has 4 heteroatoms. The Morgan fingerprint density at radius 3 is 2.38 bits per heavy atom. The van der Waals surface area contributed by atoms with Crippen molar-refractivity contribution in [1.29, 1.82) is 0 Å². The van der Waals surface area contributed by atoms with Crippen molar-refractivity contribution < 1.29 is 14.7 Å². The SMILES string of the molecule is CC[C@@H](C)C1CC[C@H]2[C@@H]3CC[C@@H]4C[C@H](NC(=O)C(=O)O)CC[C@]4(C)[C@H]3CC[C@]12C. The average molecular weight is 404 g/mol. The van der Waals surface area contributed by atoms with Gasteiger partial charge >= 0.3 is 11.9 Å². The Morgan fingerprint density at radius 2 is 1.69 bits per heavy atom. The van der Waals surface area contributed by atoms with E-state index in [1.807, 2.05) is 0 Å². The molecule has 0 bridgehead atoms. The molecule has 0 aromatic rings. The molecular weight excluding hydrogens is 362 g/mol. The largest absolute Gasteiger partial charge is 0.474 e. The van der Waals surface area contributed by atoms with E-state index in [0.717, 1.165) is 48.9 Å². The van der Waals surface area contributed by atoms with Crippen molar-refractivity contribution in [2.45, 2.75) is 97.9 Å². The highest BCUT2D eigenvalue weighted by atomic mass is 16.4. The number of rotatable bonds is 3. The van der Waals surface area contributed by atoms with Gasteiger partial charge in [-0.3, -0.25) is 4.79 Å². The standard InChI is InChI=1S/C25H41NO3/c1-5-15(2)19-8-9-20-18-7-6-16-14-17(26-22(27)23(28)29)10-12-24(16,3)21(18)11-13-25(19,20)4/h15-21H,5-14H2,1-4H3,(H,26,27)(H,28,29)/t15-,16-,17-,18+,19?,20+,21+,24+,25-/m1/s1. The van der Waals surface area contributed by atoms with Crippen LogP contribution in [0.25, 0.3) is 0 Å². The smallest absolute Gasteiger partial charge is 0.394 e. The van der Waals surface area contributed by atoms with E-state index in [1.165, 1.54) is 44.9 Å². The molecule has 4 rings (SSSR count). The monoisotopic (exact) mass is 403 g/mol. The van der Waals surface area contributed by atoms with E-state index in [9.17, 15) is 9.59 Å². The second-order valence-electron chi connectivity index (χ2n) is 11.5. The van der Waals surface area contributed by atoms with E-state index in [4.69, 9.17) is 5.11 Å². The van der Waals surface area contributed by atoms with Gasteiger partial charge in [0.25, 0.3) is 0 Å². The second kappa shape index (κ2) is 7.57. The molecular formula is C25H41NO3. The van der Waals surface area contributed by atoms with E-state index >= 15 is 0 Å². The maximum absolute atomic E-state index is 11.6. The van der Waals surface area contributed by atoms with Crippen molar-refractivity contribution in [3.8, 4) is 0 Å². The van der Waals surface area contributed by atoms with Crippen molar-refractivity contribution in [1.82, 2.24) is 5.32 Å². The molecule has 4 aliphatic carbocycles. The first-order valence-electron chi connectivity index (χ1n) is 12.2. The van der Waals surface area contributed by atoms with Gasteiger partial charge in [0.2, 0.25) is 0 Å². The number of amides is 1. The number of nitrogens with one attached hydrogen (secondary N) is 1. The first kappa shape index (κ1) is 21.2. The summed E-state index contributed by atoms with van der Waals surface area (Å²) >= 11 is 0. The van der Waals surface area contributed by atoms with Crippen molar-refractivity contribution in [3.63, 3.8) is 0 Å². The van der Waals surface area contributed by atoms with Gasteiger partial charge in [-0.25, -0.2) is 4.79 Å². The summed E-state index contributed by atoms with van der Waals surface area (Å²) < 4.78 is 0. The predicted molar refractivity (Wildman–Crippen MR) is 114 cm³/mol. The lowest BCUT2D eigenvalue weighted by Crippen LogP contribution is -2.56. The molecule has 4 nitrogen and oxygen atoms in total. The lowest BCUT2D eigenvalue weighted by atomic mass is 9.44. The molecule has 0 aliphatic heterocycles. The van der Waals surface area contributed by atoms with Crippen LogP contribution in [-0.2, 0) is 9.59 Å². The van der Waals surface area contributed by atoms with Crippen LogP contribution in [-0.4, -0.2) is 23.0 Å². The Labute approximate surface area is 176 Å². The van der Waals surface area contributed by atoms with Crippen LogP contribution in [0.3, 0.4) is 0 Å². The van der Waals surface area contributed by atoms with Crippen molar-refractivity contribution in [2.24, 2.45) is 46.3 Å². The van der Waals surface area contributed by atoms with Gasteiger partial charge in [0.15, 0.2) is 0 Å². The predicted octanol–water partition coefficient (Wildman–Crippen LogP) is 5.26. The second-order valence-corrected chi connectivity index (χ2v) is 11.5. The maximum atomic E-state index is 11.6. The molecule has 0 aromatic heterocycles. The third-order valence-corrected chi connectivity index (χ3v) is 10.6. The van der Waals surface area contributed by atoms with Crippen LogP contribution in [0.1, 0.15) is 91.9 Å². The topological polar surface area (TPSA) is 66.4 Å². The van der Waals surface area contributed by atoms with Gasteiger partial charge < -0.3 is 10.4 Å². The van der Waals surface area contributed by atoms with Crippen LogP contribution in [0, 0.1) is 46.3 Å². The van der Waals surface area contributed by atoms with Gasteiger partial charge in [-0.2, -0.15) is 0 Å². The Kier molecular flexibility index (Phi) is 5.53. The van der Waals surface area contributed by atoms with Crippen LogP contribution in [0.15, 0.2) is 0 Å². The molecule has 4 aliphatic rings. The summed E-state index contributed by atoms with van der Waals surface area (Å²) in [6, 6.07) is 0.0448. The number of carboxylic acids is 1. The number of aliphatic carboxylic acids is 1. The molecule has 29 heavy (non-hydrogen) atoms. The molecule has 1 unspecified atom stereocenters. The molecule has 9 atom stereocenters. The van der Waals surface area contributed by atoms with Gasteiger partial charge in [0.1, 0.15) is 0 Å². The molecule has 1 amide bonds. The maximum Gasteiger partial charge on any atom is 0.394 e. The summed E-state index contributed by atoms with van der Waals surface area (Å²) in [5, 5.41) is 11.7. The third-order valence-electron chi connectivity index (χ3n) is 10.6. The fourth-order valence-electron chi connectivity index (χ4n) is 8.90. The van der Waals surface area contributed by atoms with Crippen LogP contribution in [0.5, 0.6) is 0 Å². The van der Waals surface area contributed by atoms with Crippen molar-refractivity contribution in [2.75, 3.05) is 0 Å². The van der Waals surface area contributed by atoms with Gasteiger partial charge in [0.05, 0.1) is 0 Å². The fourth-order valence-corrected chi connectivity index (χ4v) is 8.90. The van der Waals surface area contributed by atoms with E-state index < -0.39 is 11.9 Å². The fraction of sp³-hybridized carbons (Fsp3) is 0.920. The third kappa shape index (κ3) is 3.33. The highest BCUT2D eigenvalue weighted by Gasteiger charge is 2.60. The number of carboxylic acid groups (broad SMARTS) is 1. The highest BCUT2D eigenvalue weighted by Crippen LogP contribution is 2.68. The molecule has 164 valence electrons. The first-order chi connectivity index (χ1) is 13.7. The summed E-state index contributed by atoms with van der Waals surface area (Å²) in [5.74, 6) is 2.82. The zero-order valence-electron chi connectivity index (χ0n) is 18.9. The lowest BCUT2D eigenvalue weighted by Gasteiger charge is -2.61. The van der Waals surface area contributed by atoms with Crippen LogP contribution in [0.4, 0.5) is 0 Å². The number of hydrogen-bond donors (Lipinski definition) is 2. The summed E-state index contributed by atoms with van der Waals surface area (Å²) in [6.07, 6.45) is 12.6. The van der Waals surface area contributed by atoms with E-state index in [1.54, 1.807) is 0 Å². The summed E-state index contributed by atoms with van der Waals surface area (Å²) in [6.45, 7) is 10.0. The summed E-state index contributed by atoms with van der Waals surface area (Å²) in [5.41, 5.74) is 0.926. The summed E-state index contributed by atoms with van der Waals surface area (Å²) in [7, 11) is 0. The number of carbonyl (C=O) groups excluding carboxylic acids is 1. The van der Waals surface area contributed by atoms with Crippen LogP contribution >= 0.6 is 0 Å². The highest BCUT2D eigenvalue weighted by molar-refractivity contribution is 6.31. The molecule has 0 aromatic carbocycles. The van der Waals surface area contributed by atoms with Crippen LogP contribution in [0.2, 0.25) is 0 Å². The Balaban J connectivity index is 1.48. The molecule has 0 saturated heterocycles. The minimum absolute atomic E-state index is 0.0448. The average Bonchev–Trinajstić information content (AvgIpc) is 3.04. The molecule has 4 saturated carbocycles. The van der Waals surface area contributed by atoms with E-state index in [0.29, 0.717) is 16.7 Å². The molecule has 0 spiro atoms. The minimum Gasteiger partial charge on any atom is -0.474 e. The van der Waals surface area contributed by atoms with Gasteiger partial charge in [0, 0.05) is 6.04 Å². The van der Waals surface area contributed by atoms with Gasteiger partial charge in [-0.15, -0.1) is 0 Å². The normalized spacial score (nSPS) is 47.4. The van der Waals surface area contributed by atoms with Crippen LogP contribution < -0.4 is 5.32 Å².